The molecule has 1 saturated heterocycles. The maximum Gasteiger partial charge on any atom is 0.257 e. The van der Waals surface area contributed by atoms with E-state index in [1.54, 1.807) is 29.0 Å². The minimum Gasteiger partial charge on any atom is -0.365 e. The summed E-state index contributed by atoms with van der Waals surface area (Å²) in [6, 6.07) is 7.64. The number of ether oxygens (including phenoxy) is 1. The summed E-state index contributed by atoms with van der Waals surface area (Å²) in [6.45, 7) is 3.47. The molecule has 1 aromatic carbocycles. The molecular weight excluding hydrogens is 384 g/mol. The van der Waals surface area contributed by atoms with E-state index in [-0.39, 0.29) is 18.4 Å². The molecule has 3 heterocycles. The van der Waals surface area contributed by atoms with E-state index in [9.17, 15) is 9.59 Å². The predicted octanol–water partition coefficient (Wildman–Crippen LogP) is 1.45. The lowest BCUT2D eigenvalue weighted by Gasteiger charge is -2.32. The smallest absolute Gasteiger partial charge is 0.257 e. The van der Waals surface area contributed by atoms with Crippen LogP contribution in [0.15, 0.2) is 49.1 Å². The molecule has 0 saturated carbocycles. The molecule has 1 unspecified atom stereocenters. The van der Waals surface area contributed by atoms with Crippen molar-refractivity contribution in [3.05, 3.63) is 66.0 Å². The van der Waals surface area contributed by atoms with Crippen LogP contribution in [0.3, 0.4) is 0 Å². The second-order valence-electron chi connectivity index (χ2n) is 7.26. The van der Waals surface area contributed by atoms with E-state index in [1.807, 2.05) is 42.0 Å². The summed E-state index contributed by atoms with van der Waals surface area (Å²) in [6.07, 6.45) is 6.12. The van der Waals surface area contributed by atoms with E-state index in [2.05, 4.69) is 15.4 Å². The number of morpholine rings is 1. The van der Waals surface area contributed by atoms with Gasteiger partial charge in [-0.1, -0.05) is 18.2 Å². The number of hydrogen-bond donors (Lipinski definition) is 1. The largest absolute Gasteiger partial charge is 0.365 e. The van der Waals surface area contributed by atoms with Gasteiger partial charge in [-0.15, -0.1) is 0 Å². The molecule has 0 spiro atoms. The lowest BCUT2D eigenvalue weighted by atomic mass is 10.1. The lowest BCUT2D eigenvalue weighted by Crippen LogP contribution is -2.50. The van der Waals surface area contributed by atoms with Crippen molar-refractivity contribution in [3.63, 3.8) is 0 Å². The van der Waals surface area contributed by atoms with Crippen LogP contribution in [0.2, 0.25) is 0 Å². The molecule has 9 heteroatoms. The molecule has 3 aromatic rings. The number of aryl methyl sites for hydroxylation is 2. The molecule has 1 aliphatic rings. The third-order valence-electron chi connectivity index (χ3n) is 5.14. The predicted molar refractivity (Wildman–Crippen MR) is 110 cm³/mol. The average Bonchev–Trinajstić information content (AvgIpc) is 3.37. The molecule has 1 N–H and O–H groups in total. The first-order valence-corrected chi connectivity index (χ1v) is 9.77. The second-order valence-corrected chi connectivity index (χ2v) is 7.26. The first-order valence-electron chi connectivity index (χ1n) is 9.77. The van der Waals surface area contributed by atoms with Crippen molar-refractivity contribution < 1.29 is 14.3 Å². The lowest BCUT2D eigenvalue weighted by molar-refractivity contribution is -0.131. The van der Waals surface area contributed by atoms with Gasteiger partial charge in [0, 0.05) is 37.9 Å². The molecule has 0 bridgehead atoms. The topological polar surface area (TPSA) is 94.3 Å². The van der Waals surface area contributed by atoms with Gasteiger partial charge in [0.25, 0.3) is 11.8 Å². The third-order valence-corrected chi connectivity index (χ3v) is 5.14. The number of hydrogen-bond acceptors (Lipinski definition) is 5. The number of nitrogens with zero attached hydrogens (tertiary/aromatic N) is 5. The number of benzene rings is 1. The fourth-order valence-electron chi connectivity index (χ4n) is 3.45. The van der Waals surface area contributed by atoms with Gasteiger partial charge in [-0.3, -0.25) is 14.3 Å². The SMILES string of the molecule is Cc1nccn1Cc1ccccc1NC(=O)C1CN(C(=O)c2cnn(C)c2)CCO1. The van der Waals surface area contributed by atoms with Crippen molar-refractivity contribution in [1.29, 1.82) is 0 Å². The van der Waals surface area contributed by atoms with E-state index in [4.69, 9.17) is 4.74 Å². The number of aromatic nitrogens is 4. The van der Waals surface area contributed by atoms with Crippen LogP contribution in [0.4, 0.5) is 5.69 Å². The van der Waals surface area contributed by atoms with Crippen molar-refractivity contribution in [3.8, 4) is 0 Å². The maximum absolute atomic E-state index is 12.9. The van der Waals surface area contributed by atoms with E-state index < -0.39 is 6.10 Å². The Morgan fingerprint density at radius 2 is 2.13 bits per heavy atom. The summed E-state index contributed by atoms with van der Waals surface area (Å²) in [7, 11) is 1.76. The molecule has 30 heavy (non-hydrogen) atoms. The monoisotopic (exact) mass is 408 g/mol. The Bertz CT molecular complexity index is 1060. The van der Waals surface area contributed by atoms with E-state index in [1.165, 1.54) is 6.20 Å². The Balaban J connectivity index is 1.44. The van der Waals surface area contributed by atoms with Crippen molar-refractivity contribution in [2.45, 2.75) is 19.6 Å². The van der Waals surface area contributed by atoms with Crippen LogP contribution in [0.25, 0.3) is 0 Å². The maximum atomic E-state index is 12.9. The third kappa shape index (κ3) is 4.25. The van der Waals surface area contributed by atoms with Crippen LogP contribution in [0.1, 0.15) is 21.7 Å². The van der Waals surface area contributed by atoms with Crippen LogP contribution in [-0.4, -0.2) is 61.8 Å². The number of amides is 2. The second kappa shape index (κ2) is 8.50. The van der Waals surface area contributed by atoms with Crippen LogP contribution < -0.4 is 5.32 Å². The quantitative estimate of drug-likeness (QED) is 0.690. The number of carbonyl (C=O) groups excluding carboxylic acids is 2. The zero-order valence-corrected chi connectivity index (χ0v) is 17.0. The van der Waals surface area contributed by atoms with Crippen molar-refractivity contribution >= 4 is 17.5 Å². The fourth-order valence-corrected chi connectivity index (χ4v) is 3.45. The highest BCUT2D eigenvalue weighted by molar-refractivity contribution is 5.97. The van der Waals surface area contributed by atoms with Crippen LogP contribution in [0.5, 0.6) is 0 Å². The van der Waals surface area contributed by atoms with Crippen molar-refractivity contribution in [2.75, 3.05) is 25.0 Å². The zero-order valence-electron chi connectivity index (χ0n) is 17.0. The first kappa shape index (κ1) is 19.8. The highest BCUT2D eigenvalue weighted by atomic mass is 16.5. The van der Waals surface area contributed by atoms with Gasteiger partial charge in [-0.05, 0) is 18.6 Å². The van der Waals surface area contributed by atoms with Crippen LogP contribution >= 0.6 is 0 Å². The van der Waals surface area contributed by atoms with Gasteiger partial charge in [0.2, 0.25) is 0 Å². The summed E-state index contributed by atoms with van der Waals surface area (Å²) in [5.74, 6) is 0.477. The molecule has 4 rings (SSSR count). The van der Waals surface area contributed by atoms with Crippen molar-refractivity contribution in [2.24, 2.45) is 7.05 Å². The Kier molecular flexibility index (Phi) is 5.62. The van der Waals surface area contributed by atoms with Gasteiger partial charge in [-0.2, -0.15) is 5.10 Å². The van der Waals surface area contributed by atoms with Crippen molar-refractivity contribution in [1.82, 2.24) is 24.2 Å². The van der Waals surface area contributed by atoms with Gasteiger partial charge in [-0.25, -0.2) is 4.98 Å². The molecule has 0 aliphatic carbocycles. The molecule has 2 aromatic heterocycles. The number of imidazole rings is 1. The summed E-state index contributed by atoms with van der Waals surface area (Å²) >= 11 is 0. The van der Waals surface area contributed by atoms with Crippen LogP contribution in [-0.2, 0) is 23.1 Å². The Morgan fingerprint density at radius 3 is 2.87 bits per heavy atom. The molecule has 9 nitrogen and oxygen atoms in total. The summed E-state index contributed by atoms with van der Waals surface area (Å²) in [5.41, 5.74) is 2.18. The summed E-state index contributed by atoms with van der Waals surface area (Å²) < 4.78 is 9.25. The first-order chi connectivity index (χ1) is 14.5. The minimum absolute atomic E-state index is 0.153. The molecule has 0 radical (unpaired) electrons. The molecule has 1 aliphatic heterocycles. The molecule has 1 atom stereocenters. The normalized spacial score (nSPS) is 16.5. The Labute approximate surface area is 174 Å². The van der Waals surface area contributed by atoms with Gasteiger partial charge in [0.05, 0.1) is 31.5 Å². The van der Waals surface area contributed by atoms with Gasteiger partial charge in [0.1, 0.15) is 5.82 Å². The summed E-state index contributed by atoms with van der Waals surface area (Å²) in [4.78, 5) is 31.4. The Morgan fingerprint density at radius 1 is 1.30 bits per heavy atom. The van der Waals surface area contributed by atoms with E-state index >= 15 is 0 Å². The van der Waals surface area contributed by atoms with Gasteiger partial charge >= 0.3 is 0 Å². The fraction of sp³-hybridized carbons (Fsp3) is 0.333. The number of anilines is 1. The van der Waals surface area contributed by atoms with Crippen LogP contribution in [0, 0.1) is 6.92 Å². The minimum atomic E-state index is -0.734. The average molecular weight is 408 g/mol. The number of para-hydroxylation sites is 1. The zero-order chi connectivity index (χ0) is 21.1. The molecular formula is C21H24N6O3. The van der Waals surface area contributed by atoms with E-state index in [0.717, 1.165) is 17.1 Å². The van der Waals surface area contributed by atoms with E-state index in [0.29, 0.717) is 25.3 Å². The summed E-state index contributed by atoms with van der Waals surface area (Å²) in [5, 5.41) is 7.00. The molecule has 156 valence electrons. The molecule has 1 fully saturated rings. The molecule has 2 amide bonds. The van der Waals surface area contributed by atoms with Gasteiger partial charge in [0.15, 0.2) is 6.10 Å². The standard InChI is InChI=1S/C21H24N6O3/c1-15-22-7-8-26(15)13-16-5-3-4-6-18(16)24-20(28)19-14-27(9-10-30-19)21(29)17-11-23-25(2)12-17/h3-8,11-12,19H,9-10,13-14H2,1-2H3,(H,24,28). The number of rotatable bonds is 5. The highest BCUT2D eigenvalue weighted by Crippen LogP contribution is 2.19. The van der Waals surface area contributed by atoms with Gasteiger partial charge < -0.3 is 19.5 Å². The Hall–Kier alpha value is -3.46. The number of carbonyl (C=O) groups is 2. The highest BCUT2D eigenvalue weighted by Gasteiger charge is 2.30. The number of nitrogens with one attached hydrogen (secondary N) is 1.